The lowest BCUT2D eigenvalue weighted by Crippen LogP contribution is -2.26. The summed E-state index contributed by atoms with van der Waals surface area (Å²) in [5.74, 6) is -2.25. The SMILES string of the molecule is CN(Cc1nc(-c2ccccn2)no1)C(=O)c1cn2ccccc2n1.O=C(O)C(F)(F)F. The van der Waals surface area contributed by atoms with Crippen LogP contribution in [-0.4, -0.2) is 59.6 Å². The molecule has 0 aliphatic carbocycles. The number of amides is 1. The van der Waals surface area contributed by atoms with Crippen molar-refractivity contribution in [2.75, 3.05) is 7.05 Å². The molecule has 4 aromatic heterocycles. The van der Waals surface area contributed by atoms with Gasteiger partial charge in [-0.15, -0.1) is 0 Å². The summed E-state index contributed by atoms with van der Waals surface area (Å²) in [5, 5.41) is 11.0. The second-order valence-electron chi connectivity index (χ2n) is 6.28. The van der Waals surface area contributed by atoms with E-state index in [1.165, 1.54) is 4.90 Å². The van der Waals surface area contributed by atoms with Crippen molar-refractivity contribution in [1.82, 2.24) is 29.4 Å². The summed E-state index contributed by atoms with van der Waals surface area (Å²) in [5.41, 5.74) is 1.69. The molecule has 10 nitrogen and oxygen atoms in total. The Bertz CT molecular complexity index is 1190. The van der Waals surface area contributed by atoms with Crippen LogP contribution in [0.3, 0.4) is 0 Å². The molecule has 1 amide bonds. The summed E-state index contributed by atoms with van der Waals surface area (Å²) in [4.78, 5) is 35.7. The number of carbonyl (C=O) groups is 2. The predicted molar refractivity (Wildman–Crippen MR) is 102 cm³/mol. The number of nitrogens with zero attached hydrogens (tertiary/aromatic N) is 6. The highest BCUT2D eigenvalue weighted by molar-refractivity contribution is 5.92. The molecule has 0 spiro atoms. The molecule has 4 heterocycles. The van der Waals surface area contributed by atoms with Crippen molar-refractivity contribution in [2.45, 2.75) is 12.7 Å². The summed E-state index contributed by atoms with van der Waals surface area (Å²) in [6.07, 6.45) is 0.113. The minimum absolute atomic E-state index is 0.187. The Morgan fingerprint density at radius 1 is 1.16 bits per heavy atom. The number of pyridine rings is 2. The minimum Gasteiger partial charge on any atom is -0.475 e. The average Bonchev–Trinajstić information content (AvgIpc) is 3.40. The highest BCUT2D eigenvalue weighted by Gasteiger charge is 2.38. The van der Waals surface area contributed by atoms with Gasteiger partial charge < -0.3 is 18.9 Å². The topological polar surface area (TPSA) is 127 Å². The molecule has 0 saturated heterocycles. The zero-order valence-electron chi connectivity index (χ0n) is 16.4. The van der Waals surface area contributed by atoms with E-state index in [1.807, 2.05) is 36.5 Å². The largest absolute Gasteiger partial charge is 0.490 e. The van der Waals surface area contributed by atoms with E-state index in [-0.39, 0.29) is 12.5 Å². The van der Waals surface area contributed by atoms with E-state index in [1.54, 1.807) is 29.9 Å². The Balaban J connectivity index is 0.000000360. The van der Waals surface area contributed by atoms with Crippen LogP contribution in [0.4, 0.5) is 13.2 Å². The number of hydrogen-bond acceptors (Lipinski definition) is 7. The van der Waals surface area contributed by atoms with Crippen molar-refractivity contribution in [3.63, 3.8) is 0 Å². The van der Waals surface area contributed by atoms with Gasteiger partial charge in [-0.3, -0.25) is 9.78 Å². The van der Waals surface area contributed by atoms with E-state index in [2.05, 4.69) is 20.1 Å². The van der Waals surface area contributed by atoms with Gasteiger partial charge in [-0.1, -0.05) is 17.3 Å². The van der Waals surface area contributed by atoms with Crippen LogP contribution in [-0.2, 0) is 11.3 Å². The Hall–Kier alpha value is -4.29. The molecule has 0 aromatic carbocycles. The van der Waals surface area contributed by atoms with Crippen LogP contribution >= 0.6 is 0 Å². The summed E-state index contributed by atoms with van der Waals surface area (Å²) >= 11 is 0. The van der Waals surface area contributed by atoms with E-state index in [4.69, 9.17) is 14.4 Å². The number of imidazole rings is 1. The molecule has 0 saturated carbocycles. The molecule has 166 valence electrons. The second kappa shape index (κ2) is 9.24. The molecule has 0 aliphatic rings. The zero-order chi connectivity index (χ0) is 23.3. The van der Waals surface area contributed by atoms with Crippen molar-refractivity contribution in [3.05, 3.63) is 66.6 Å². The number of fused-ring (bicyclic) bond motifs is 1. The molecular formula is C19H15F3N6O4. The molecule has 0 radical (unpaired) electrons. The third-order valence-corrected chi connectivity index (χ3v) is 3.91. The van der Waals surface area contributed by atoms with Gasteiger partial charge >= 0.3 is 12.1 Å². The number of carboxylic acid groups (broad SMARTS) is 1. The minimum atomic E-state index is -5.08. The molecule has 0 bridgehead atoms. The molecular weight excluding hydrogens is 433 g/mol. The number of carbonyl (C=O) groups excluding carboxylic acids is 1. The molecule has 1 N–H and O–H groups in total. The van der Waals surface area contributed by atoms with Crippen LogP contribution < -0.4 is 0 Å². The van der Waals surface area contributed by atoms with Gasteiger partial charge in [0.15, 0.2) is 0 Å². The molecule has 0 atom stereocenters. The summed E-state index contributed by atoms with van der Waals surface area (Å²) in [7, 11) is 1.66. The molecule has 4 aromatic rings. The van der Waals surface area contributed by atoms with E-state index in [9.17, 15) is 18.0 Å². The van der Waals surface area contributed by atoms with E-state index in [0.29, 0.717) is 23.1 Å². The highest BCUT2D eigenvalue weighted by Crippen LogP contribution is 2.14. The second-order valence-corrected chi connectivity index (χ2v) is 6.28. The Kier molecular flexibility index (Phi) is 6.47. The zero-order valence-corrected chi connectivity index (χ0v) is 16.4. The number of aliphatic carboxylic acids is 1. The van der Waals surface area contributed by atoms with Gasteiger partial charge in [-0.05, 0) is 24.3 Å². The maximum atomic E-state index is 12.5. The molecule has 0 fully saturated rings. The predicted octanol–water partition coefficient (Wildman–Crippen LogP) is 2.68. The fraction of sp³-hybridized carbons (Fsp3) is 0.158. The molecule has 0 aliphatic heterocycles. The standard InChI is InChI=1S/C17H14N6O2.C2HF3O2/c1-22(17(24)13-10-23-9-5-3-7-14(23)19-13)11-15-20-16(21-25-15)12-6-2-4-8-18-12;3-2(4,5)1(6)7/h2-10H,11H2,1H3;(H,6,7). The van der Waals surface area contributed by atoms with Crippen molar-refractivity contribution < 1.29 is 32.4 Å². The number of halogens is 3. The first-order valence-corrected chi connectivity index (χ1v) is 8.88. The fourth-order valence-corrected chi connectivity index (χ4v) is 2.43. The maximum Gasteiger partial charge on any atom is 0.490 e. The first-order valence-electron chi connectivity index (χ1n) is 8.88. The molecule has 32 heavy (non-hydrogen) atoms. The first-order chi connectivity index (χ1) is 15.1. The van der Waals surface area contributed by atoms with Gasteiger partial charge in [-0.2, -0.15) is 18.2 Å². The summed E-state index contributed by atoms with van der Waals surface area (Å²) in [6, 6.07) is 11.0. The third kappa shape index (κ3) is 5.44. The number of rotatable bonds is 4. The van der Waals surface area contributed by atoms with Gasteiger partial charge in [0.1, 0.15) is 23.6 Å². The smallest absolute Gasteiger partial charge is 0.475 e. The maximum absolute atomic E-state index is 12.5. The van der Waals surface area contributed by atoms with E-state index >= 15 is 0 Å². The van der Waals surface area contributed by atoms with Gasteiger partial charge in [-0.25, -0.2) is 9.78 Å². The summed E-state index contributed by atoms with van der Waals surface area (Å²) in [6.45, 7) is 0.187. The molecule has 13 heteroatoms. The van der Waals surface area contributed by atoms with Crippen LogP contribution in [0.25, 0.3) is 17.2 Å². The van der Waals surface area contributed by atoms with Crippen molar-refractivity contribution in [3.8, 4) is 11.5 Å². The van der Waals surface area contributed by atoms with E-state index < -0.39 is 12.1 Å². The van der Waals surface area contributed by atoms with Gasteiger partial charge in [0.05, 0.1) is 0 Å². The van der Waals surface area contributed by atoms with Crippen LogP contribution in [0.2, 0.25) is 0 Å². The fourth-order valence-electron chi connectivity index (χ4n) is 2.43. The van der Waals surface area contributed by atoms with Gasteiger partial charge in [0.25, 0.3) is 5.91 Å². The Labute approximate surface area is 177 Å². The number of aromatic nitrogens is 5. The Morgan fingerprint density at radius 3 is 2.50 bits per heavy atom. The highest BCUT2D eigenvalue weighted by atomic mass is 19.4. The third-order valence-electron chi connectivity index (χ3n) is 3.91. The lowest BCUT2D eigenvalue weighted by molar-refractivity contribution is -0.192. The number of carboxylic acids is 1. The Morgan fingerprint density at radius 2 is 1.88 bits per heavy atom. The van der Waals surface area contributed by atoms with Crippen LogP contribution in [0, 0.1) is 0 Å². The molecule has 4 rings (SSSR count). The molecule has 0 unspecified atom stereocenters. The monoisotopic (exact) mass is 448 g/mol. The van der Waals surface area contributed by atoms with E-state index in [0.717, 1.165) is 5.65 Å². The van der Waals surface area contributed by atoms with Crippen molar-refractivity contribution >= 4 is 17.5 Å². The average molecular weight is 448 g/mol. The number of hydrogen-bond donors (Lipinski definition) is 1. The first kappa shape index (κ1) is 22.4. The van der Waals surface area contributed by atoms with Crippen molar-refractivity contribution in [1.29, 1.82) is 0 Å². The normalized spacial score (nSPS) is 11.0. The quantitative estimate of drug-likeness (QED) is 0.505. The summed E-state index contributed by atoms with van der Waals surface area (Å²) < 4.78 is 38.7. The lowest BCUT2D eigenvalue weighted by atomic mass is 10.3. The van der Waals surface area contributed by atoms with Gasteiger partial charge in [0, 0.05) is 25.6 Å². The van der Waals surface area contributed by atoms with Gasteiger partial charge in [0.2, 0.25) is 11.7 Å². The lowest BCUT2D eigenvalue weighted by Gasteiger charge is -2.12. The van der Waals surface area contributed by atoms with Crippen LogP contribution in [0.15, 0.2) is 59.5 Å². The van der Waals surface area contributed by atoms with Crippen LogP contribution in [0.1, 0.15) is 16.4 Å². The van der Waals surface area contributed by atoms with Crippen molar-refractivity contribution in [2.24, 2.45) is 0 Å². The van der Waals surface area contributed by atoms with Crippen LogP contribution in [0.5, 0.6) is 0 Å². The number of alkyl halides is 3.